The number of aldehydes is 1. The maximum absolute atomic E-state index is 10.6. The Bertz CT molecular complexity index is 591. The van der Waals surface area contributed by atoms with Crippen molar-refractivity contribution < 1.29 is 9.90 Å². The molecule has 0 heterocycles. The zero-order valence-corrected chi connectivity index (χ0v) is 10.7. The van der Waals surface area contributed by atoms with Gasteiger partial charge in [-0.15, -0.1) is 0 Å². The van der Waals surface area contributed by atoms with Crippen molar-refractivity contribution in [1.82, 2.24) is 0 Å². The van der Waals surface area contributed by atoms with Gasteiger partial charge < -0.3 is 5.11 Å². The smallest absolute Gasteiger partial charge is 0.153 e. The van der Waals surface area contributed by atoms with Gasteiger partial charge in [0.25, 0.3) is 0 Å². The van der Waals surface area contributed by atoms with Gasteiger partial charge in [-0.25, -0.2) is 0 Å². The van der Waals surface area contributed by atoms with Crippen molar-refractivity contribution in [2.75, 3.05) is 0 Å². The molecule has 2 nitrogen and oxygen atoms in total. The molecular formula is C15H13ClO2. The fraction of sp³-hybridized carbons (Fsp3) is 0.133. The Hall–Kier alpha value is -1.80. The van der Waals surface area contributed by atoms with E-state index in [2.05, 4.69) is 0 Å². The van der Waals surface area contributed by atoms with Crippen molar-refractivity contribution in [2.45, 2.75) is 13.3 Å². The van der Waals surface area contributed by atoms with Gasteiger partial charge in [0, 0.05) is 5.02 Å². The molecule has 92 valence electrons. The summed E-state index contributed by atoms with van der Waals surface area (Å²) < 4.78 is 0. The van der Waals surface area contributed by atoms with E-state index in [9.17, 15) is 9.90 Å². The summed E-state index contributed by atoms with van der Waals surface area (Å²) in [5.74, 6) is 0.0223. The molecule has 1 N–H and O–H groups in total. The number of carbonyl (C=O) groups is 1. The number of rotatable bonds is 3. The highest BCUT2D eigenvalue weighted by Gasteiger charge is 2.04. The van der Waals surface area contributed by atoms with Crippen molar-refractivity contribution in [3.8, 4) is 5.75 Å². The van der Waals surface area contributed by atoms with Gasteiger partial charge in [0.1, 0.15) is 5.75 Å². The third-order valence-electron chi connectivity index (χ3n) is 2.92. The first kappa shape index (κ1) is 12.7. The number of benzene rings is 2. The number of phenols is 1. The number of halogens is 1. The van der Waals surface area contributed by atoms with E-state index in [-0.39, 0.29) is 5.75 Å². The van der Waals surface area contributed by atoms with Gasteiger partial charge in [0.05, 0.1) is 5.56 Å². The summed E-state index contributed by atoms with van der Waals surface area (Å²) >= 11 is 5.91. The molecule has 0 spiro atoms. The largest absolute Gasteiger partial charge is 0.507 e. The Morgan fingerprint density at radius 1 is 1.22 bits per heavy atom. The van der Waals surface area contributed by atoms with E-state index in [4.69, 9.17) is 11.6 Å². The topological polar surface area (TPSA) is 37.3 Å². The third kappa shape index (κ3) is 2.71. The van der Waals surface area contributed by atoms with Crippen LogP contribution in [0.3, 0.4) is 0 Å². The van der Waals surface area contributed by atoms with Crippen molar-refractivity contribution in [1.29, 1.82) is 0 Å². The maximum Gasteiger partial charge on any atom is 0.153 e. The normalized spacial score (nSPS) is 10.3. The quantitative estimate of drug-likeness (QED) is 0.854. The molecule has 18 heavy (non-hydrogen) atoms. The maximum atomic E-state index is 10.6. The summed E-state index contributed by atoms with van der Waals surface area (Å²) in [5, 5.41) is 10.3. The number of aromatic hydroxyl groups is 1. The number of aryl methyl sites for hydroxylation is 1. The molecule has 0 saturated heterocycles. The molecule has 0 amide bonds. The van der Waals surface area contributed by atoms with Crippen molar-refractivity contribution in [3.63, 3.8) is 0 Å². The SMILES string of the molecule is Cc1cc(Cl)ccc1Cc1ccc(C=O)c(O)c1. The first-order chi connectivity index (χ1) is 8.60. The van der Waals surface area contributed by atoms with E-state index in [0.717, 1.165) is 21.7 Å². The average molecular weight is 261 g/mol. The standard InChI is InChI=1S/C15H13ClO2/c1-10-6-14(16)5-4-12(10)7-11-2-3-13(9-17)15(18)8-11/h2-6,8-9,18H,7H2,1H3. The molecule has 3 heteroatoms. The van der Waals surface area contributed by atoms with Gasteiger partial charge >= 0.3 is 0 Å². The van der Waals surface area contributed by atoms with E-state index in [1.54, 1.807) is 12.1 Å². The zero-order chi connectivity index (χ0) is 13.1. The van der Waals surface area contributed by atoms with E-state index in [1.165, 1.54) is 0 Å². The molecule has 2 aromatic carbocycles. The number of phenolic OH excluding ortho intramolecular Hbond substituents is 1. The van der Waals surface area contributed by atoms with Crippen LogP contribution in [0.2, 0.25) is 5.02 Å². The summed E-state index contributed by atoms with van der Waals surface area (Å²) in [6, 6.07) is 10.8. The molecule has 0 fully saturated rings. The molecule has 0 aliphatic heterocycles. The lowest BCUT2D eigenvalue weighted by Gasteiger charge is -2.07. The average Bonchev–Trinajstić information content (AvgIpc) is 2.33. The molecule has 0 aromatic heterocycles. The van der Waals surface area contributed by atoms with Crippen molar-refractivity contribution in [2.24, 2.45) is 0 Å². The Morgan fingerprint density at radius 3 is 2.61 bits per heavy atom. The van der Waals surface area contributed by atoms with E-state index in [0.29, 0.717) is 18.3 Å². The van der Waals surface area contributed by atoms with Crippen LogP contribution in [-0.4, -0.2) is 11.4 Å². The van der Waals surface area contributed by atoms with Crippen LogP contribution in [0.25, 0.3) is 0 Å². The molecule has 0 radical (unpaired) electrons. The Labute approximate surface area is 111 Å². The number of carbonyl (C=O) groups excluding carboxylic acids is 1. The minimum Gasteiger partial charge on any atom is -0.507 e. The van der Waals surface area contributed by atoms with Crippen LogP contribution in [0.4, 0.5) is 0 Å². The Balaban J connectivity index is 2.28. The second kappa shape index (κ2) is 5.23. The highest BCUT2D eigenvalue weighted by molar-refractivity contribution is 6.30. The van der Waals surface area contributed by atoms with Crippen LogP contribution in [-0.2, 0) is 6.42 Å². The Kier molecular flexibility index (Phi) is 3.68. The fourth-order valence-corrected chi connectivity index (χ4v) is 2.10. The molecule has 0 aliphatic carbocycles. The first-order valence-electron chi connectivity index (χ1n) is 5.62. The van der Waals surface area contributed by atoms with E-state index >= 15 is 0 Å². The summed E-state index contributed by atoms with van der Waals surface area (Å²) in [7, 11) is 0. The molecule has 0 aliphatic rings. The van der Waals surface area contributed by atoms with Crippen LogP contribution in [0.15, 0.2) is 36.4 Å². The molecule has 2 rings (SSSR count). The third-order valence-corrected chi connectivity index (χ3v) is 3.16. The number of hydrogen-bond acceptors (Lipinski definition) is 2. The fourth-order valence-electron chi connectivity index (χ4n) is 1.88. The van der Waals surface area contributed by atoms with Crippen LogP contribution < -0.4 is 0 Å². The van der Waals surface area contributed by atoms with Gasteiger partial charge in [0.2, 0.25) is 0 Å². The zero-order valence-electron chi connectivity index (χ0n) is 9.98. The number of hydrogen-bond donors (Lipinski definition) is 1. The summed E-state index contributed by atoms with van der Waals surface area (Å²) in [6.07, 6.45) is 1.35. The predicted octanol–water partition coefficient (Wildman–Crippen LogP) is 3.76. The minimum absolute atomic E-state index is 0.0223. The molecule has 0 saturated carbocycles. The predicted molar refractivity (Wildman–Crippen MR) is 72.5 cm³/mol. The van der Waals surface area contributed by atoms with Gasteiger partial charge in [-0.3, -0.25) is 4.79 Å². The van der Waals surface area contributed by atoms with Crippen LogP contribution in [0.5, 0.6) is 5.75 Å². The van der Waals surface area contributed by atoms with E-state index in [1.807, 2.05) is 31.2 Å². The highest BCUT2D eigenvalue weighted by Crippen LogP contribution is 2.22. The van der Waals surface area contributed by atoms with Crippen LogP contribution in [0, 0.1) is 6.92 Å². The lowest BCUT2D eigenvalue weighted by atomic mass is 9.99. The monoisotopic (exact) mass is 260 g/mol. The van der Waals surface area contributed by atoms with Gasteiger partial charge in [0.15, 0.2) is 6.29 Å². The van der Waals surface area contributed by atoms with Crippen LogP contribution >= 0.6 is 11.6 Å². The highest BCUT2D eigenvalue weighted by atomic mass is 35.5. The van der Waals surface area contributed by atoms with E-state index < -0.39 is 0 Å². The minimum atomic E-state index is 0.0223. The summed E-state index contributed by atoms with van der Waals surface area (Å²) in [5.41, 5.74) is 3.54. The molecule has 0 unspecified atom stereocenters. The molecular weight excluding hydrogens is 248 g/mol. The lowest BCUT2D eigenvalue weighted by Crippen LogP contribution is -1.93. The molecule has 0 bridgehead atoms. The molecule has 2 aromatic rings. The van der Waals surface area contributed by atoms with Crippen molar-refractivity contribution in [3.05, 3.63) is 63.7 Å². The van der Waals surface area contributed by atoms with Gasteiger partial charge in [-0.05, 0) is 54.3 Å². The first-order valence-corrected chi connectivity index (χ1v) is 6.00. The van der Waals surface area contributed by atoms with Crippen molar-refractivity contribution >= 4 is 17.9 Å². The summed E-state index contributed by atoms with van der Waals surface area (Å²) in [4.78, 5) is 10.6. The summed E-state index contributed by atoms with van der Waals surface area (Å²) in [6.45, 7) is 2.00. The van der Waals surface area contributed by atoms with Gasteiger partial charge in [-0.2, -0.15) is 0 Å². The van der Waals surface area contributed by atoms with Crippen LogP contribution in [0.1, 0.15) is 27.0 Å². The van der Waals surface area contributed by atoms with Gasteiger partial charge in [-0.1, -0.05) is 23.7 Å². The lowest BCUT2D eigenvalue weighted by molar-refractivity contribution is 0.112. The Morgan fingerprint density at radius 2 is 2.00 bits per heavy atom. The second-order valence-corrected chi connectivity index (χ2v) is 4.70. The second-order valence-electron chi connectivity index (χ2n) is 4.26. The molecule has 0 atom stereocenters.